The minimum Gasteiger partial charge on any atom is -0.330 e. The number of rotatable bonds is 11. The predicted molar refractivity (Wildman–Crippen MR) is 93.0 cm³/mol. The van der Waals surface area contributed by atoms with Crippen molar-refractivity contribution in [2.45, 2.75) is 66.2 Å². The van der Waals surface area contributed by atoms with E-state index in [0.717, 1.165) is 18.3 Å². The van der Waals surface area contributed by atoms with Crippen LogP contribution in [0, 0.1) is 0 Å². The zero-order valence-corrected chi connectivity index (χ0v) is 15.5. The molecular weight excluding hydrogens is 300 g/mol. The molecule has 0 amide bonds. The number of nitrogens with zero attached hydrogens (tertiary/aromatic N) is 1. The van der Waals surface area contributed by atoms with Gasteiger partial charge in [0.2, 0.25) is 0 Å². The van der Waals surface area contributed by atoms with Crippen molar-refractivity contribution in [3.63, 3.8) is 0 Å². The molecule has 0 rings (SSSR count). The molecule has 19 heavy (non-hydrogen) atoms. The van der Waals surface area contributed by atoms with E-state index in [4.69, 9.17) is 5.73 Å². The number of halogens is 1. The van der Waals surface area contributed by atoms with Gasteiger partial charge in [-0.25, -0.2) is 0 Å². The number of unbranched alkanes of at least 4 members (excludes halogenated alkanes) is 1. The Hall–Kier alpha value is 0.400. The van der Waals surface area contributed by atoms with Crippen LogP contribution >= 0.6 is 15.9 Å². The molecule has 0 aromatic heterocycles. The van der Waals surface area contributed by atoms with Crippen molar-refractivity contribution in [3.05, 3.63) is 0 Å². The van der Waals surface area contributed by atoms with Gasteiger partial charge in [-0.1, -0.05) is 43.6 Å². The van der Waals surface area contributed by atoms with E-state index < -0.39 is 0 Å². The molecule has 0 atom stereocenters. The molecule has 0 aliphatic rings. The number of hydrogen-bond acceptors (Lipinski definition) is 1. The molecule has 0 heterocycles. The Bertz CT molecular complexity index is 129. The van der Waals surface area contributed by atoms with Gasteiger partial charge in [0.15, 0.2) is 0 Å². The van der Waals surface area contributed by atoms with Gasteiger partial charge >= 0.3 is 0 Å². The Morgan fingerprint density at radius 2 is 1.11 bits per heavy atom. The van der Waals surface area contributed by atoms with Crippen LogP contribution in [0.3, 0.4) is 0 Å². The average Bonchev–Trinajstić information content (AvgIpc) is 2.38. The van der Waals surface area contributed by atoms with Gasteiger partial charge in [-0.05, 0) is 45.1 Å². The molecule has 3 heteroatoms. The molecule has 0 radical (unpaired) electrons. The summed E-state index contributed by atoms with van der Waals surface area (Å²) in [6.45, 7) is 15.6. The monoisotopic (exact) mass is 337 g/mol. The summed E-state index contributed by atoms with van der Waals surface area (Å²) in [4.78, 5) is 0. The number of alkyl halides is 1. The van der Waals surface area contributed by atoms with Crippen molar-refractivity contribution >= 4 is 15.9 Å². The first kappa shape index (κ1) is 21.7. The maximum absolute atomic E-state index is 5.19. The molecule has 0 saturated heterocycles. The van der Waals surface area contributed by atoms with Crippen LogP contribution in [0.2, 0.25) is 0 Å². The maximum atomic E-state index is 5.19. The van der Waals surface area contributed by atoms with Crippen molar-refractivity contribution in [2.24, 2.45) is 5.73 Å². The van der Waals surface area contributed by atoms with Crippen LogP contribution in [0.5, 0.6) is 0 Å². The fourth-order valence-corrected chi connectivity index (χ4v) is 3.20. The van der Waals surface area contributed by atoms with Crippen LogP contribution in [0.1, 0.15) is 66.2 Å². The van der Waals surface area contributed by atoms with Crippen LogP contribution in [0.25, 0.3) is 0 Å². The van der Waals surface area contributed by atoms with Gasteiger partial charge in [-0.15, -0.1) is 0 Å². The molecule has 0 unspecified atom stereocenters. The van der Waals surface area contributed by atoms with Crippen LogP contribution < -0.4 is 5.73 Å². The van der Waals surface area contributed by atoms with E-state index in [9.17, 15) is 0 Å². The second-order valence-corrected chi connectivity index (χ2v) is 6.21. The van der Waals surface area contributed by atoms with E-state index in [1.165, 1.54) is 62.8 Å². The zero-order chi connectivity index (χ0) is 15.0. The highest BCUT2D eigenvalue weighted by atomic mass is 79.9. The smallest absolute Gasteiger partial charge is 0.0783 e. The Kier molecular flexibility index (Phi) is 18.8. The number of nitrogens with two attached hydrogens (primary N) is 1. The summed E-state index contributed by atoms with van der Waals surface area (Å²) in [6.07, 6.45) is 7.68. The summed E-state index contributed by atoms with van der Waals surface area (Å²) in [5.41, 5.74) is 5.19. The lowest BCUT2D eigenvalue weighted by Crippen LogP contribution is -2.50. The standard InChI is InChI=1S/C12H28N.C4H10BrN/c1-5-9-13(10-6-2,11-7-3)12-8-4;5-3-1-2-4-6/h5-12H2,1-4H3;1-4,6H2/q+1;. The van der Waals surface area contributed by atoms with E-state index in [2.05, 4.69) is 43.6 Å². The van der Waals surface area contributed by atoms with E-state index >= 15 is 0 Å². The number of quaternary nitrogens is 1. The van der Waals surface area contributed by atoms with Gasteiger partial charge in [-0.3, -0.25) is 0 Å². The molecule has 0 saturated carbocycles. The van der Waals surface area contributed by atoms with Crippen molar-refractivity contribution < 1.29 is 4.48 Å². The van der Waals surface area contributed by atoms with Crippen molar-refractivity contribution in [1.82, 2.24) is 0 Å². The third-order valence-electron chi connectivity index (χ3n) is 3.38. The highest BCUT2D eigenvalue weighted by Gasteiger charge is 2.22. The molecule has 0 aromatic carbocycles. The van der Waals surface area contributed by atoms with E-state index in [-0.39, 0.29) is 0 Å². The second kappa shape index (κ2) is 16.5. The molecule has 0 fully saturated rings. The molecule has 0 aliphatic heterocycles. The van der Waals surface area contributed by atoms with Gasteiger partial charge < -0.3 is 10.2 Å². The third kappa shape index (κ3) is 13.1. The maximum Gasteiger partial charge on any atom is 0.0783 e. The van der Waals surface area contributed by atoms with Crippen molar-refractivity contribution in [1.29, 1.82) is 0 Å². The SMILES string of the molecule is CCC[N+](CCC)(CCC)CCC.NCCCCBr. The average molecular weight is 338 g/mol. The fourth-order valence-electron chi connectivity index (χ4n) is 2.81. The molecule has 0 aliphatic carbocycles. The summed E-state index contributed by atoms with van der Waals surface area (Å²) in [7, 11) is 0. The molecule has 2 N–H and O–H groups in total. The highest BCUT2D eigenvalue weighted by Crippen LogP contribution is 2.12. The lowest BCUT2D eigenvalue weighted by molar-refractivity contribution is -0.928. The first-order chi connectivity index (χ1) is 9.16. The first-order valence-electron chi connectivity index (χ1n) is 8.27. The molecule has 0 spiro atoms. The summed E-state index contributed by atoms with van der Waals surface area (Å²) >= 11 is 3.29. The van der Waals surface area contributed by atoms with Crippen LogP contribution in [0.4, 0.5) is 0 Å². The summed E-state index contributed by atoms with van der Waals surface area (Å²) < 4.78 is 1.38. The predicted octanol–water partition coefficient (Wildman–Crippen LogP) is 4.56. The first-order valence-corrected chi connectivity index (χ1v) is 9.39. The lowest BCUT2D eigenvalue weighted by atomic mass is 10.2. The minimum atomic E-state index is 0.825. The van der Waals surface area contributed by atoms with Gasteiger partial charge in [-0.2, -0.15) is 0 Å². The van der Waals surface area contributed by atoms with Crippen molar-refractivity contribution in [3.8, 4) is 0 Å². The Morgan fingerprint density at radius 3 is 1.26 bits per heavy atom. The molecule has 0 bridgehead atoms. The van der Waals surface area contributed by atoms with Gasteiger partial charge in [0.05, 0.1) is 26.2 Å². The highest BCUT2D eigenvalue weighted by molar-refractivity contribution is 9.09. The van der Waals surface area contributed by atoms with Gasteiger partial charge in [0, 0.05) is 5.33 Å². The fraction of sp³-hybridized carbons (Fsp3) is 1.00. The minimum absolute atomic E-state index is 0.825. The summed E-state index contributed by atoms with van der Waals surface area (Å²) in [5, 5.41) is 1.09. The van der Waals surface area contributed by atoms with Crippen LogP contribution in [-0.4, -0.2) is 42.5 Å². The Labute approximate surface area is 130 Å². The van der Waals surface area contributed by atoms with Gasteiger partial charge in [0.25, 0.3) is 0 Å². The summed E-state index contributed by atoms with van der Waals surface area (Å²) in [5.74, 6) is 0. The van der Waals surface area contributed by atoms with E-state index in [0.29, 0.717) is 0 Å². The zero-order valence-electron chi connectivity index (χ0n) is 13.9. The van der Waals surface area contributed by atoms with E-state index in [1.54, 1.807) is 0 Å². The van der Waals surface area contributed by atoms with Crippen LogP contribution in [-0.2, 0) is 0 Å². The van der Waals surface area contributed by atoms with Gasteiger partial charge in [0.1, 0.15) is 0 Å². The summed E-state index contributed by atoms with van der Waals surface area (Å²) in [6, 6.07) is 0. The second-order valence-electron chi connectivity index (χ2n) is 5.42. The number of hydrogen-bond donors (Lipinski definition) is 1. The van der Waals surface area contributed by atoms with Crippen LogP contribution in [0.15, 0.2) is 0 Å². The Morgan fingerprint density at radius 1 is 0.737 bits per heavy atom. The Balaban J connectivity index is 0. The third-order valence-corrected chi connectivity index (χ3v) is 3.94. The topological polar surface area (TPSA) is 26.0 Å². The molecule has 0 aromatic rings. The largest absolute Gasteiger partial charge is 0.330 e. The normalized spacial score (nSPS) is 11.1. The van der Waals surface area contributed by atoms with Crippen molar-refractivity contribution in [2.75, 3.05) is 38.1 Å². The molecule has 2 nitrogen and oxygen atoms in total. The molecule has 118 valence electrons. The molecular formula is C16H38BrN2+. The van der Waals surface area contributed by atoms with E-state index in [1.807, 2.05) is 0 Å². The quantitative estimate of drug-likeness (QED) is 0.333. The lowest BCUT2D eigenvalue weighted by Gasteiger charge is -2.38.